The highest BCUT2D eigenvalue weighted by atomic mass is 19.1. The second kappa shape index (κ2) is 7.19. The molecule has 0 atom stereocenters. The number of hydrogen-bond donors (Lipinski definition) is 1. The summed E-state index contributed by atoms with van der Waals surface area (Å²) in [6.07, 6.45) is 4.98. The van der Waals surface area contributed by atoms with Crippen molar-refractivity contribution < 1.29 is 4.39 Å². The summed E-state index contributed by atoms with van der Waals surface area (Å²) < 4.78 is 13.7. The molecular formula is C17H27FN2. The first kappa shape index (κ1) is 15.5. The predicted octanol–water partition coefficient (Wildman–Crippen LogP) is 3.43. The van der Waals surface area contributed by atoms with Crippen molar-refractivity contribution in [3.63, 3.8) is 0 Å². The number of hydrogen-bond acceptors (Lipinski definition) is 2. The van der Waals surface area contributed by atoms with E-state index in [1.165, 1.54) is 25.7 Å². The van der Waals surface area contributed by atoms with E-state index in [1.54, 1.807) is 12.1 Å². The van der Waals surface area contributed by atoms with Crippen molar-refractivity contribution in [2.45, 2.75) is 39.2 Å². The zero-order valence-electron chi connectivity index (χ0n) is 12.8. The number of rotatable bonds is 6. The van der Waals surface area contributed by atoms with E-state index >= 15 is 0 Å². The Labute approximate surface area is 122 Å². The van der Waals surface area contributed by atoms with Crippen molar-refractivity contribution in [1.82, 2.24) is 10.2 Å². The molecule has 1 aromatic rings. The molecule has 0 aromatic heterocycles. The Morgan fingerprint density at radius 3 is 2.60 bits per heavy atom. The maximum atomic E-state index is 13.7. The Hall–Kier alpha value is -0.930. The second-order valence-corrected chi connectivity index (χ2v) is 6.26. The minimum absolute atomic E-state index is 0.0887. The quantitative estimate of drug-likeness (QED) is 0.857. The van der Waals surface area contributed by atoms with Gasteiger partial charge in [-0.1, -0.05) is 31.5 Å². The largest absolute Gasteiger partial charge is 0.317 e. The maximum Gasteiger partial charge on any atom is 0.127 e. The molecule has 2 rings (SSSR count). The van der Waals surface area contributed by atoms with Crippen LogP contribution in [-0.2, 0) is 6.54 Å². The van der Waals surface area contributed by atoms with Gasteiger partial charge in [0.25, 0.3) is 0 Å². The summed E-state index contributed by atoms with van der Waals surface area (Å²) in [5, 5.41) is 3.45. The first-order valence-corrected chi connectivity index (χ1v) is 7.78. The van der Waals surface area contributed by atoms with Crippen LogP contribution < -0.4 is 5.32 Å². The number of piperidine rings is 1. The number of benzene rings is 1. The number of halogens is 1. The van der Waals surface area contributed by atoms with Crippen LogP contribution in [0.2, 0.25) is 0 Å². The molecule has 2 nitrogen and oxygen atoms in total. The first-order chi connectivity index (χ1) is 9.65. The molecular weight excluding hydrogens is 251 g/mol. The van der Waals surface area contributed by atoms with E-state index in [-0.39, 0.29) is 5.82 Å². The molecule has 1 aliphatic rings. The summed E-state index contributed by atoms with van der Waals surface area (Å²) in [6, 6.07) is 7.11. The lowest BCUT2D eigenvalue weighted by molar-refractivity contribution is 0.112. The van der Waals surface area contributed by atoms with Gasteiger partial charge in [-0.2, -0.15) is 0 Å². The average molecular weight is 278 g/mol. The van der Waals surface area contributed by atoms with Crippen molar-refractivity contribution >= 4 is 0 Å². The third-order valence-corrected chi connectivity index (χ3v) is 4.45. The van der Waals surface area contributed by atoms with E-state index in [9.17, 15) is 4.39 Å². The van der Waals surface area contributed by atoms with Gasteiger partial charge in [0.05, 0.1) is 0 Å². The van der Waals surface area contributed by atoms with Crippen molar-refractivity contribution in [3.8, 4) is 0 Å². The molecule has 3 heteroatoms. The second-order valence-electron chi connectivity index (χ2n) is 6.26. The monoisotopic (exact) mass is 278 g/mol. The van der Waals surface area contributed by atoms with Crippen LogP contribution in [0.4, 0.5) is 4.39 Å². The molecule has 0 radical (unpaired) electrons. The van der Waals surface area contributed by atoms with E-state index in [4.69, 9.17) is 0 Å². The van der Waals surface area contributed by atoms with Gasteiger partial charge in [0, 0.05) is 18.7 Å². The maximum absolute atomic E-state index is 13.7. The van der Waals surface area contributed by atoms with Gasteiger partial charge in [-0.05, 0) is 50.9 Å². The van der Waals surface area contributed by atoms with E-state index in [0.717, 1.165) is 25.2 Å². The van der Waals surface area contributed by atoms with Crippen molar-refractivity contribution in [1.29, 1.82) is 0 Å². The molecule has 1 aromatic carbocycles. The topological polar surface area (TPSA) is 15.3 Å². The standard InChI is InChI=1S/C17H27FN2/c1-3-8-17(9-11-19-12-10-17)14-20(2)13-15-6-4-5-7-16(15)18/h4-7,19H,3,8-14H2,1-2H3. The molecule has 1 heterocycles. The van der Waals surface area contributed by atoms with Crippen LogP contribution >= 0.6 is 0 Å². The lowest BCUT2D eigenvalue weighted by Gasteiger charge is -2.40. The molecule has 112 valence electrons. The normalized spacial score (nSPS) is 18.4. The molecule has 20 heavy (non-hydrogen) atoms. The molecule has 0 aliphatic carbocycles. The molecule has 0 saturated carbocycles. The van der Waals surface area contributed by atoms with E-state index in [1.807, 2.05) is 12.1 Å². The summed E-state index contributed by atoms with van der Waals surface area (Å²) in [7, 11) is 2.12. The van der Waals surface area contributed by atoms with Crippen LogP contribution in [-0.4, -0.2) is 31.6 Å². The van der Waals surface area contributed by atoms with E-state index in [2.05, 4.69) is 24.2 Å². The summed E-state index contributed by atoms with van der Waals surface area (Å²) >= 11 is 0. The van der Waals surface area contributed by atoms with E-state index < -0.39 is 0 Å². The van der Waals surface area contributed by atoms with Gasteiger partial charge in [-0.15, -0.1) is 0 Å². The predicted molar refractivity (Wildman–Crippen MR) is 82.2 cm³/mol. The van der Waals surface area contributed by atoms with Crippen molar-refractivity contribution in [3.05, 3.63) is 35.6 Å². The van der Waals surface area contributed by atoms with Crippen LogP contribution in [0.25, 0.3) is 0 Å². The van der Waals surface area contributed by atoms with Gasteiger partial charge in [0.2, 0.25) is 0 Å². The summed E-state index contributed by atoms with van der Waals surface area (Å²) in [6.45, 7) is 6.27. The Balaban J connectivity index is 1.98. The Kier molecular flexibility index (Phi) is 5.55. The van der Waals surface area contributed by atoms with Gasteiger partial charge in [0.1, 0.15) is 5.82 Å². The Morgan fingerprint density at radius 1 is 1.25 bits per heavy atom. The SMILES string of the molecule is CCCC1(CN(C)Cc2ccccc2F)CCNCC1. The van der Waals surface area contributed by atoms with Crippen LogP contribution in [0.1, 0.15) is 38.2 Å². The van der Waals surface area contributed by atoms with Gasteiger partial charge in [-0.25, -0.2) is 4.39 Å². The summed E-state index contributed by atoms with van der Waals surface area (Å²) in [5.74, 6) is -0.0887. The Morgan fingerprint density at radius 2 is 1.95 bits per heavy atom. The zero-order valence-corrected chi connectivity index (χ0v) is 12.8. The Bertz CT molecular complexity index is 408. The fourth-order valence-corrected chi connectivity index (χ4v) is 3.52. The number of nitrogens with one attached hydrogen (secondary N) is 1. The highest BCUT2D eigenvalue weighted by Crippen LogP contribution is 2.35. The summed E-state index contributed by atoms with van der Waals surface area (Å²) in [4.78, 5) is 2.29. The van der Waals surface area contributed by atoms with E-state index in [0.29, 0.717) is 12.0 Å². The van der Waals surface area contributed by atoms with Gasteiger partial charge >= 0.3 is 0 Å². The van der Waals surface area contributed by atoms with Gasteiger partial charge in [-0.3, -0.25) is 0 Å². The average Bonchev–Trinajstić information content (AvgIpc) is 2.42. The highest BCUT2D eigenvalue weighted by Gasteiger charge is 2.32. The lowest BCUT2D eigenvalue weighted by Crippen LogP contribution is -2.43. The summed E-state index contributed by atoms with van der Waals surface area (Å²) in [5.41, 5.74) is 1.22. The molecule has 0 amide bonds. The molecule has 0 spiro atoms. The highest BCUT2D eigenvalue weighted by molar-refractivity contribution is 5.17. The van der Waals surface area contributed by atoms with Crippen molar-refractivity contribution in [2.75, 3.05) is 26.7 Å². The molecule has 0 unspecified atom stereocenters. The molecule has 1 N–H and O–H groups in total. The van der Waals surface area contributed by atoms with Crippen LogP contribution in [0, 0.1) is 11.2 Å². The molecule has 0 bridgehead atoms. The fourth-order valence-electron chi connectivity index (χ4n) is 3.52. The third kappa shape index (κ3) is 4.03. The lowest BCUT2D eigenvalue weighted by atomic mass is 9.75. The minimum Gasteiger partial charge on any atom is -0.317 e. The zero-order chi connectivity index (χ0) is 14.4. The third-order valence-electron chi connectivity index (χ3n) is 4.45. The first-order valence-electron chi connectivity index (χ1n) is 7.78. The van der Waals surface area contributed by atoms with Crippen LogP contribution in [0.5, 0.6) is 0 Å². The molecule has 1 saturated heterocycles. The fraction of sp³-hybridized carbons (Fsp3) is 0.647. The smallest absolute Gasteiger partial charge is 0.127 e. The van der Waals surface area contributed by atoms with Crippen LogP contribution in [0.3, 0.4) is 0 Å². The van der Waals surface area contributed by atoms with Gasteiger partial charge < -0.3 is 10.2 Å². The molecule has 1 fully saturated rings. The van der Waals surface area contributed by atoms with Gasteiger partial charge in [0.15, 0.2) is 0 Å². The molecule has 1 aliphatic heterocycles. The van der Waals surface area contributed by atoms with Crippen LogP contribution in [0.15, 0.2) is 24.3 Å². The minimum atomic E-state index is -0.0887. The number of nitrogens with zero attached hydrogens (tertiary/aromatic N) is 1. The van der Waals surface area contributed by atoms with Crippen molar-refractivity contribution in [2.24, 2.45) is 5.41 Å².